The zero-order valence-corrected chi connectivity index (χ0v) is 28.2. The van der Waals surface area contributed by atoms with Gasteiger partial charge in [0.15, 0.2) is 12.0 Å². The summed E-state index contributed by atoms with van der Waals surface area (Å²) in [5, 5.41) is 20.7. The Balaban J connectivity index is 0.000000421. The maximum atomic E-state index is 12.6. The minimum Gasteiger partial charge on any atom is -0.790 e. The van der Waals surface area contributed by atoms with Crippen LogP contribution in [0.4, 0.5) is 17.5 Å². The number of rotatable bonds is 12. The Morgan fingerprint density at radius 1 is 1.00 bits per heavy atom. The number of aromatic nitrogens is 2. The summed E-state index contributed by atoms with van der Waals surface area (Å²) in [6.45, 7) is 20.6. The number of phosphoric acid groups is 1. The van der Waals surface area contributed by atoms with Crippen LogP contribution < -0.4 is 40.7 Å². The maximum absolute atomic E-state index is 12.6. The number of H-pyrrole nitrogens is 1. The van der Waals surface area contributed by atoms with Crippen molar-refractivity contribution < 1.29 is 43.6 Å². The predicted molar refractivity (Wildman–Crippen MR) is 169 cm³/mol. The van der Waals surface area contributed by atoms with Crippen LogP contribution in [0.25, 0.3) is 0 Å². The monoisotopic (exact) mass is 657 g/mol. The van der Waals surface area contributed by atoms with Crippen LogP contribution in [0.5, 0.6) is 0 Å². The van der Waals surface area contributed by atoms with Crippen LogP contribution in [-0.4, -0.2) is 97.3 Å². The van der Waals surface area contributed by atoms with Crippen LogP contribution in [0.3, 0.4) is 0 Å². The molecule has 0 spiro atoms. The lowest BCUT2D eigenvalue weighted by atomic mass is 10.1. The van der Waals surface area contributed by atoms with Crippen LogP contribution in [0, 0.1) is 0 Å². The molecule has 4 atom stereocenters. The SMILES string of the molecule is CC[NH+](CC)CC.CC[NH+](CC)CC.Nc1nc2c(c(=O)[nH]1)N(Cc1ccccc1)CN2[C@@H]1O[C@H](COP(=O)([O-])[O-])[C@@H](O)[C@H]1O. The average Bonchev–Trinajstić information content (AvgIpc) is 3.50. The number of aromatic amines is 1. The van der Waals surface area contributed by atoms with Crippen LogP contribution >= 0.6 is 7.82 Å². The van der Waals surface area contributed by atoms with Gasteiger partial charge >= 0.3 is 0 Å². The van der Waals surface area contributed by atoms with E-state index in [0.717, 1.165) is 5.56 Å². The van der Waals surface area contributed by atoms with Crippen molar-refractivity contribution in [3.8, 4) is 0 Å². The second-order valence-corrected chi connectivity index (χ2v) is 12.0. The normalized spacial score (nSPS) is 21.0. The number of aliphatic hydroxyl groups excluding tert-OH is 2. The molecule has 4 rings (SSSR count). The fraction of sp³-hybridized carbons (Fsp3) is 0.655. The number of hydrogen-bond donors (Lipinski definition) is 6. The van der Waals surface area contributed by atoms with Gasteiger partial charge in [0.05, 0.1) is 60.4 Å². The summed E-state index contributed by atoms with van der Waals surface area (Å²) in [4.78, 5) is 47.2. The van der Waals surface area contributed by atoms with Gasteiger partial charge in [-0.1, -0.05) is 30.3 Å². The number of fused-ring (bicyclic) bond motifs is 1. The maximum Gasteiger partial charge on any atom is 0.278 e. The number of quaternary nitrogens is 2. The number of nitrogens with zero attached hydrogens (tertiary/aromatic N) is 3. The van der Waals surface area contributed by atoms with Gasteiger partial charge in [0.1, 0.15) is 24.0 Å². The molecule has 16 heteroatoms. The second-order valence-electron chi connectivity index (χ2n) is 10.8. The van der Waals surface area contributed by atoms with Gasteiger partial charge in [0, 0.05) is 6.54 Å². The van der Waals surface area contributed by atoms with E-state index >= 15 is 0 Å². The molecule has 3 heterocycles. The van der Waals surface area contributed by atoms with Gasteiger partial charge in [-0.05, 0) is 47.1 Å². The highest BCUT2D eigenvalue weighted by molar-refractivity contribution is 7.43. The highest BCUT2D eigenvalue weighted by Crippen LogP contribution is 2.38. The number of hydrogen-bond acceptors (Lipinski definition) is 12. The Morgan fingerprint density at radius 2 is 1.53 bits per heavy atom. The third kappa shape index (κ3) is 11.3. The molecule has 1 aromatic carbocycles. The molecule has 45 heavy (non-hydrogen) atoms. The number of ether oxygens (including phenoxy) is 1. The van der Waals surface area contributed by atoms with E-state index < -0.39 is 44.5 Å². The fourth-order valence-corrected chi connectivity index (χ4v) is 5.53. The molecule has 0 aliphatic carbocycles. The van der Waals surface area contributed by atoms with Gasteiger partial charge in [-0.15, -0.1) is 0 Å². The van der Waals surface area contributed by atoms with Crippen LogP contribution in [0.2, 0.25) is 0 Å². The van der Waals surface area contributed by atoms with Crippen LogP contribution in [-0.2, 0) is 20.4 Å². The first kappa shape index (κ1) is 38.6. The zero-order valence-electron chi connectivity index (χ0n) is 27.3. The number of anilines is 3. The third-order valence-corrected chi connectivity index (χ3v) is 8.53. The van der Waals surface area contributed by atoms with Gasteiger partial charge in [-0.2, -0.15) is 4.98 Å². The van der Waals surface area contributed by atoms with Crippen molar-refractivity contribution in [3.05, 3.63) is 46.2 Å². The molecular weight excluding hydrogens is 605 g/mol. The first-order valence-electron chi connectivity index (χ1n) is 15.6. The van der Waals surface area contributed by atoms with E-state index in [1.165, 1.54) is 44.2 Å². The minimum atomic E-state index is -5.29. The molecule has 0 bridgehead atoms. The highest BCUT2D eigenvalue weighted by Gasteiger charge is 2.49. The lowest BCUT2D eigenvalue weighted by molar-refractivity contribution is -0.894. The third-order valence-electron chi connectivity index (χ3n) is 8.06. The number of benzene rings is 1. The molecule has 0 saturated carbocycles. The summed E-state index contributed by atoms with van der Waals surface area (Å²) in [6, 6.07) is 9.32. The van der Waals surface area contributed by atoms with Gasteiger partial charge in [0.2, 0.25) is 5.95 Å². The molecule has 256 valence electrons. The van der Waals surface area contributed by atoms with Crippen molar-refractivity contribution in [2.75, 3.05) is 68.1 Å². The van der Waals surface area contributed by atoms with Crippen molar-refractivity contribution in [2.24, 2.45) is 0 Å². The summed E-state index contributed by atoms with van der Waals surface area (Å²) in [5.74, 6) is -0.0183. The Labute approximate surface area is 265 Å². The summed E-state index contributed by atoms with van der Waals surface area (Å²) in [5.41, 5.74) is 6.31. The molecule has 15 nitrogen and oxygen atoms in total. The van der Waals surface area contributed by atoms with E-state index in [9.17, 15) is 29.4 Å². The second kappa shape index (κ2) is 18.5. The van der Waals surface area contributed by atoms with E-state index in [-0.39, 0.29) is 24.1 Å². The largest absolute Gasteiger partial charge is 0.790 e. The van der Waals surface area contributed by atoms with Gasteiger partial charge in [-0.25, -0.2) is 0 Å². The summed E-state index contributed by atoms with van der Waals surface area (Å²) < 4.78 is 20.5. The molecule has 7 N–H and O–H groups in total. The Kier molecular flexibility index (Phi) is 15.9. The van der Waals surface area contributed by atoms with Crippen molar-refractivity contribution in [2.45, 2.75) is 72.6 Å². The molecular formula is C29H52N7O8P. The molecule has 0 radical (unpaired) electrons. The molecule has 0 amide bonds. The summed E-state index contributed by atoms with van der Waals surface area (Å²) >= 11 is 0. The highest BCUT2D eigenvalue weighted by atomic mass is 31.2. The Morgan fingerprint density at radius 3 is 2.00 bits per heavy atom. The van der Waals surface area contributed by atoms with Gasteiger partial charge in [-0.3, -0.25) is 9.78 Å². The minimum absolute atomic E-state index is 0.0629. The topological polar surface area (TPSA) is 209 Å². The molecule has 2 aliphatic rings. The molecule has 2 aromatic rings. The number of phosphoric ester groups is 1. The number of nitrogens with one attached hydrogen (secondary N) is 3. The average molecular weight is 658 g/mol. The summed E-state index contributed by atoms with van der Waals surface area (Å²) in [6.07, 6.45) is -5.53. The molecule has 1 fully saturated rings. The van der Waals surface area contributed by atoms with Gasteiger partial charge in [0.25, 0.3) is 5.56 Å². The number of aliphatic hydroxyl groups is 2. The first-order chi connectivity index (χ1) is 21.3. The molecule has 0 unspecified atom stereocenters. The van der Waals surface area contributed by atoms with E-state index in [0.29, 0.717) is 6.54 Å². The van der Waals surface area contributed by atoms with Crippen molar-refractivity contribution in [1.29, 1.82) is 0 Å². The Bertz CT molecular complexity index is 1220. The zero-order chi connectivity index (χ0) is 33.7. The lowest BCUT2D eigenvalue weighted by Gasteiger charge is -2.30. The van der Waals surface area contributed by atoms with E-state index in [1.54, 1.807) is 14.7 Å². The molecule has 2 aliphatic heterocycles. The van der Waals surface area contributed by atoms with Crippen molar-refractivity contribution >= 4 is 25.3 Å². The number of nitrogens with two attached hydrogens (primary N) is 1. The summed E-state index contributed by atoms with van der Waals surface area (Å²) in [7, 11) is -5.29. The quantitative estimate of drug-likeness (QED) is 0.129. The molecule has 1 aromatic heterocycles. The van der Waals surface area contributed by atoms with Crippen molar-refractivity contribution in [3.63, 3.8) is 0 Å². The Hall–Kier alpha value is -2.59. The van der Waals surface area contributed by atoms with Crippen LogP contribution in [0.1, 0.15) is 47.1 Å². The number of nitrogen functional groups attached to an aromatic ring is 1. The van der Waals surface area contributed by atoms with E-state index in [2.05, 4.69) is 56.0 Å². The van der Waals surface area contributed by atoms with E-state index in [1.807, 2.05) is 30.3 Å². The standard InChI is InChI=1S/C17H22N5O8P.2C6H15N/c18-17-19-14-11(15(25)20-17)21(6-9-4-2-1-3-5-9)8-22(14)16-13(24)12(23)10(30-16)7-29-31(26,27)28;2*1-4-7(5-2)6-3/h1-5,10,12-13,16,23-24H,6-8H2,(H2,26,27,28)(H3,18,19,20,25);2*4-6H2,1-3H3/t10-,12-,13-,16-;;/m1../s1. The lowest BCUT2D eigenvalue weighted by Crippen LogP contribution is -3.11. The van der Waals surface area contributed by atoms with Gasteiger partial charge < -0.3 is 59.2 Å². The molecule has 1 saturated heterocycles. The van der Waals surface area contributed by atoms with Crippen molar-refractivity contribution in [1.82, 2.24) is 9.97 Å². The fourth-order valence-electron chi connectivity index (χ4n) is 5.20. The van der Waals surface area contributed by atoms with E-state index in [4.69, 9.17) is 10.5 Å². The first-order valence-corrected chi connectivity index (χ1v) is 17.1. The predicted octanol–water partition coefficient (Wildman–Crippen LogP) is -2.71. The smallest absolute Gasteiger partial charge is 0.278 e. The van der Waals surface area contributed by atoms with Crippen LogP contribution in [0.15, 0.2) is 35.1 Å².